The molecule has 3 rings (SSSR count). The van der Waals surface area contributed by atoms with Gasteiger partial charge in [0.15, 0.2) is 0 Å². The molecule has 0 saturated carbocycles. The van der Waals surface area contributed by atoms with E-state index in [0.717, 1.165) is 5.56 Å². The molecule has 1 aliphatic rings. The minimum absolute atomic E-state index is 0.00895. The molecule has 8 nitrogen and oxygen atoms in total. The Labute approximate surface area is 206 Å². The summed E-state index contributed by atoms with van der Waals surface area (Å²) in [5.74, 6) is 6.61. The first-order valence-corrected chi connectivity index (χ1v) is 11.8. The van der Waals surface area contributed by atoms with Gasteiger partial charge in [-0.05, 0) is 25.1 Å². The van der Waals surface area contributed by atoms with E-state index >= 15 is 0 Å². The van der Waals surface area contributed by atoms with Gasteiger partial charge in [-0.15, -0.1) is 0 Å². The second-order valence-corrected chi connectivity index (χ2v) is 8.78. The monoisotopic (exact) mass is 479 g/mol. The lowest BCUT2D eigenvalue weighted by atomic mass is 9.99. The normalized spacial score (nSPS) is 18.2. The van der Waals surface area contributed by atoms with Gasteiger partial charge in [-0.25, -0.2) is 4.98 Å². The smallest absolute Gasteiger partial charge is 0.259 e. The van der Waals surface area contributed by atoms with E-state index in [1.54, 1.807) is 43.1 Å². The molecule has 0 saturated heterocycles. The van der Waals surface area contributed by atoms with Crippen LogP contribution in [-0.4, -0.2) is 77.7 Å². The summed E-state index contributed by atoms with van der Waals surface area (Å²) in [6.45, 7) is 6.14. The maximum Gasteiger partial charge on any atom is 0.259 e. The van der Waals surface area contributed by atoms with Crippen molar-refractivity contribution in [2.45, 2.75) is 39.3 Å². The number of carbonyl (C=O) groups excluding carboxylic acids is 2. The number of aliphatic hydroxyl groups excluding tert-OH is 1. The summed E-state index contributed by atoms with van der Waals surface area (Å²) >= 11 is 0. The van der Waals surface area contributed by atoms with Gasteiger partial charge >= 0.3 is 0 Å². The van der Waals surface area contributed by atoms with Crippen molar-refractivity contribution in [3.8, 4) is 23.5 Å². The predicted molar refractivity (Wildman–Crippen MR) is 132 cm³/mol. The van der Waals surface area contributed by atoms with Crippen molar-refractivity contribution in [1.82, 2.24) is 14.8 Å². The Morgan fingerprint density at radius 1 is 1.37 bits per heavy atom. The van der Waals surface area contributed by atoms with Crippen molar-refractivity contribution in [3.05, 3.63) is 53.2 Å². The van der Waals surface area contributed by atoms with Crippen LogP contribution in [0, 0.1) is 17.8 Å². The van der Waals surface area contributed by atoms with Gasteiger partial charge in [0.1, 0.15) is 17.4 Å². The van der Waals surface area contributed by atoms with Gasteiger partial charge < -0.3 is 24.4 Å². The van der Waals surface area contributed by atoms with E-state index in [1.807, 2.05) is 38.1 Å². The zero-order valence-corrected chi connectivity index (χ0v) is 20.9. The summed E-state index contributed by atoms with van der Waals surface area (Å²) in [5.41, 5.74) is 1.54. The second-order valence-electron chi connectivity index (χ2n) is 8.78. The summed E-state index contributed by atoms with van der Waals surface area (Å²) in [7, 11) is 3.33. The molecule has 0 aliphatic carbocycles. The van der Waals surface area contributed by atoms with Crippen LogP contribution >= 0.6 is 0 Å². The number of aliphatic hydroxyl groups is 1. The third kappa shape index (κ3) is 6.11. The van der Waals surface area contributed by atoms with Crippen LogP contribution in [0.15, 0.2) is 36.5 Å². The largest absolute Gasteiger partial charge is 0.495 e. The van der Waals surface area contributed by atoms with Crippen LogP contribution in [0.25, 0.3) is 0 Å². The number of aromatic nitrogens is 1. The fourth-order valence-electron chi connectivity index (χ4n) is 3.92. The molecule has 1 N–H and O–H groups in total. The molecule has 0 radical (unpaired) electrons. The van der Waals surface area contributed by atoms with Crippen LogP contribution in [0.5, 0.6) is 11.6 Å². The van der Waals surface area contributed by atoms with E-state index in [0.29, 0.717) is 30.8 Å². The number of hydrogen-bond donors (Lipinski definition) is 1. The number of fused-ring (bicyclic) bond motifs is 1. The number of rotatable bonds is 6. The van der Waals surface area contributed by atoms with Gasteiger partial charge in [-0.2, -0.15) is 0 Å². The Hall–Kier alpha value is -3.57. The molecular weight excluding hydrogens is 446 g/mol. The van der Waals surface area contributed by atoms with Crippen LogP contribution < -0.4 is 9.47 Å². The molecular formula is C27H33N3O5. The minimum atomic E-state index is -0.394. The van der Waals surface area contributed by atoms with E-state index in [1.165, 1.54) is 0 Å². The number of carbonyl (C=O) groups is 2. The zero-order valence-electron chi connectivity index (χ0n) is 20.9. The minimum Gasteiger partial charge on any atom is -0.495 e. The molecule has 0 bridgehead atoms. The van der Waals surface area contributed by atoms with E-state index in [2.05, 4.69) is 16.8 Å². The number of likely N-dealkylation sites (N-methyl/N-ethyl adjacent to an activating group) is 1. The SMILES string of the molecule is CCC(=O)N(C)C[C@@H]1Oc2ncc(C#Cc3ccccc3OC)cc2C(=O)N([C@@H](C)CO)C[C@@H]1C. The molecule has 1 aromatic heterocycles. The van der Waals surface area contributed by atoms with Gasteiger partial charge in [-0.1, -0.05) is 37.8 Å². The van der Waals surface area contributed by atoms with Crippen molar-refractivity contribution >= 4 is 11.8 Å². The highest BCUT2D eigenvalue weighted by Gasteiger charge is 2.34. The molecule has 0 spiro atoms. The molecule has 186 valence electrons. The number of amides is 2. The molecule has 8 heteroatoms. The highest BCUT2D eigenvalue weighted by atomic mass is 16.5. The van der Waals surface area contributed by atoms with Crippen molar-refractivity contribution in [2.75, 3.05) is 33.9 Å². The lowest BCUT2D eigenvalue weighted by molar-refractivity contribution is -0.131. The van der Waals surface area contributed by atoms with Gasteiger partial charge in [0, 0.05) is 37.7 Å². The van der Waals surface area contributed by atoms with Gasteiger partial charge in [0.2, 0.25) is 11.8 Å². The number of benzene rings is 1. The standard InChI is InChI=1S/C27H33N3O5/c1-6-25(32)29(4)16-24-18(2)15-30(19(3)17-31)27(33)22-13-20(14-28-26(22)35-24)11-12-21-9-7-8-10-23(21)34-5/h7-10,13-14,18-19,24,31H,6,15-17H2,1-5H3/t18-,19-,24-/m0/s1. The van der Waals surface area contributed by atoms with E-state index in [4.69, 9.17) is 9.47 Å². The van der Waals surface area contributed by atoms with E-state index < -0.39 is 6.04 Å². The number of ether oxygens (including phenoxy) is 2. The lowest BCUT2D eigenvalue weighted by Crippen LogP contribution is -2.50. The molecule has 2 aromatic rings. The van der Waals surface area contributed by atoms with Crippen molar-refractivity contribution in [2.24, 2.45) is 5.92 Å². The van der Waals surface area contributed by atoms with Gasteiger partial charge in [0.25, 0.3) is 5.91 Å². The highest BCUT2D eigenvalue weighted by Crippen LogP contribution is 2.27. The number of methoxy groups -OCH3 is 1. The zero-order chi connectivity index (χ0) is 25.5. The molecule has 2 amide bonds. The second kappa shape index (κ2) is 11.7. The molecule has 2 heterocycles. The van der Waals surface area contributed by atoms with Crippen molar-refractivity contribution in [1.29, 1.82) is 0 Å². The summed E-state index contributed by atoms with van der Waals surface area (Å²) in [6.07, 6.45) is 1.58. The quantitative estimate of drug-likeness (QED) is 0.641. The third-order valence-electron chi connectivity index (χ3n) is 6.15. The first-order chi connectivity index (χ1) is 16.8. The Morgan fingerprint density at radius 2 is 2.11 bits per heavy atom. The van der Waals surface area contributed by atoms with Crippen molar-refractivity contribution < 1.29 is 24.2 Å². The van der Waals surface area contributed by atoms with Crippen LogP contribution in [-0.2, 0) is 4.79 Å². The summed E-state index contributed by atoms with van der Waals surface area (Å²) in [4.78, 5) is 33.4. The van der Waals surface area contributed by atoms with Crippen molar-refractivity contribution in [3.63, 3.8) is 0 Å². The molecule has 0 fully saturated rings. The summed E-state index contributed by atoms with van der Waals surface area (Å²) in [5, 5.41) is 9.80. The Bertz CT molecular complexity index is 1120. The summed E-state index contributed by atoms with van der Waals surface area (Å²) in [6, 6.07) is 8.69. The third-order valence-corrected chi connectivity index (χ3v) is 6.15. The first kappa shape index (κ1) is 26.0. The molecule has 3 atom stereocenters. The molecule has 1 aliphatic heterocycles. The predicted octanol–water partition coefficient (Wildman–Crippen LogP) is 2.58. The first-order valence-electron chi connectivity index (χ1n) is 11.8. The summed E-state index contributed by atoms with van der Waals surface area (Å²) < 4.78 is 11.6. The number of hydrogen-bond acceptors (Lipinski definition) is 6. The average Bonchev–Trinajstić information content (AvgIpc) is 2.88. The molecule has 35 heavy (non-hydrogen) atoms. The Morgan fingerprint density at radius 3 is 2.80 bits per heavy atom. The van der Waals surface area contributed by atoms with E-state index in [-0.39, 0.29) is 41.9 Å². The van der Waals surface area contributed by atoms with Crippen LogP contribution in [0.3, 0.4) is 0 Å². The van der Waals surface area contributed by atoms with Crippen LogP contribution in [0.1, 0.15) is 48.7 Å². The average molecular weight is 480 g/mol. The Balaban J connectivity index is 2.00. The van der Waals surface area contributed by atoms with Crippen LogP contribution in [0.2, 0.25) is 0 Å². The molecule has 1 aromatic carbocycles. The van der Waals surface area contributed by atoms with Crippen LogP contribution in [0.4, 0.5) is 0 Å². The van der Waals surface area contributed by atoms with E-state index in [9.17, 15) is 14.7 Å². The number of pyridine rings is 1. The lowest BCUT2D eigenvalue weighted by Gasteiger charge is -2.37. The molecule has 0 unspecified atom stereocenters. The van der Waals surface area contributed by atoms with Gasteiger partial charge in [-0.3, -0.25) is 9.59 Å². The number of para-hydroxylation sites is 1. The fourth-order valence-corrected chi connectivity index (χ4v) is 3.92. The maximum absolute atomic E-state index is 13.5. The Kier molecular flexibility index (Phi) is 8.72. The maximum atomic E-state index is 13.5. The fraction of sp³-hybridized carbons (Fsp3) is 0.444. The number of nitrogens with zero attached hydrogens (tertiary/aromatic N) is 3. The van der Waals surface area contributed by atoms with Gasteiger partial charge in [0.05, 0.1) is 31.9 Å². The highest BCUT2D eigenvalue weighted by molar-refractivity contribution is 5.97. The topological polar surface area (TPSA) is 92.2 Å².